The summed E-state index contributed by atoms with van der Waals surface area (Å²) in [7, 11) is 0. The van der Waals surface area contributed by atoms with Crippen molar-refractivity contribution in [2.45, 2.75) is 84.5 Å². The predicted molar refractivity (Wildman–Crippen MR) is 123 cm³/mol. The third kappa shape index (κ3) is 3.71. The van der Waals surface area contributed by atoms with Gasteiger partial charge in [0.2, 0.25) is 0 Å². The topological polar surface area (TPSA) is 0 Å². The molecule has 0 amide bonds. The molecule has 0 heterocycles. The van der Waals surface area contributed by atoms with Crippen molar-refractivity contribution >= 4 is 6.08 Å². The van der Waals surface area contributed by atoms with E-state index in [2.05, 4.69) is 76.2 Å². The lowest BCUT2D eigenvalue weighted by Gasteiger charge is -2.37. The lowest BCUT2D eigenvalue weighted by atomic mass is 9.68. The molecule has 0 aliphatic heterocycles. The average Bonchev–Trinajstić information content (AvgIpc) is 3.10. The van der Waals surface area contributed by atoms with Crippen LogP contribution in [0, 0.1) is 5.41 Å². The molecule has 2 aliphatic rings. The molecule has 148 valence electrons. The first-order valence-electron chi connectivity index (χ1n) is 11.3. The zero-order valence-electron chi connectivity index (χ0n) is 18.3. The van der Waals surface area contributed by atoms with E-state index in [1.807, 2.05) is 0 Å². The summed E-state index contributed by atoms with van der Waals surface area (Å²) in [5, 5.41) is 0. The molecule has 0 saturated heterocycles. The smallest absolute Gasteiger partial charge is 0.00574 e. The Hall–Kier alpha value is -1.82. The highest BCUT2D eigenvalue weighted by Crippen LogP contribution is 2.47. The molecule has 0 aromatic heterocycles. The van der Waals surface area contributed by atoms with E-state index in [0.29, 0.717) is 5.41 Å². The molecular formula is C28H36. The molecule has 1 saturated carbocycles. The van der Waals surface area contributed by atoms with Crippen LogP contribution in [0.1, 0.15) is 89.3 Å². The molecule has 28 heavy (non-hydrogen) atoms. The van der Waals surface area contributed by atoms with Crippen LogP contribution in [0.3, 0.4) is 0 Å². The monoisotopic (exact) mass is 372 g/mol. The van der Waals surface area contributed by atoms with Crippen LogP contribution in [-0.2, 0) is 11.8 Å². The Labute approximate surface area is 172 Å². The minimum absolute atomic E-state index is 0.152. The molecule has 0 bridgehead atoms. The van der Waals surface area contributed by atoms with Crippen molar-refractivity contribution in [2.24, 2.45) is 5.41 Å². The second kappa shape index (κ2) is 7.54. The summed E-state index contributed by atoms with van der Waals surface area (Å²) >= 11 is 0. The first kappa shape index (κ1) is 19.5. The lowest BCUT2D eigenvalue weighted by Crippen LogP contribution is -2.23. The fourth-order valence-corrected chi connectivity index (χ4v) is 5.60. The Kier molecular flexibility index (Phi) is 5.25. The molecule has 2 aliphatic carbocycles. The molecule has 2 aromatic rings. The number of hydrogen-bond acceptors (Lipinski definition) is 0. The van der Waals surface area contributed by atoms with Gasteiger partial charge in [-0.25, -0.2) is 0 Å². The average molecular weight is 373 g/mol. The summed E-state index contributed by atoms with van der Waals surface area (Å²) in [5.41, 5.74) is 9.67. The quantitative estimate of drug-likeness (QED) is 0.506. The van der Waals surface area contributed by atoms with Gasteiger partial charge in [-0.1, -0.05) is 107 Å². The Morgan fingerprint density at radius 2 is 1.57 bits per heavy atom. The number of benzene rings is 2. The van der Waals surface area contributed by atoms with Gasteiger partial charge < -0.3 is 0 Å². The Morgan fingerprint density at radius 3 is 2.29 bits per heavy atom. The number of allylic oxidation sites excluding steroid dienone is 1. The van der Waals surface area contributed by atoms with E-state index in [4.69, 9.17) is 0 Å². The van der Waals surface area contributed by atoms with Gasteiger partial charge in [-0.15, -0.1) is 0 Å². The minimum Gasteiger partial charge on any atom is -0.0648 e. The zero-order chi connectivity index (χ0) is 19.8. The maximum absolute atomic E-state index is 2.55. The summed E-state index contributed by atoms with van der Waals surface area (Å²) in [6.07, 6.45) is 13.5. The van der Waals surface area contributed by atoms with E-state index < -0.39 is 0 Å². The van der Waals surface area contributed by atoms with E-state index in [1.165, 1.54) is 72.8 Å². The van der Waals surface area contributed by atoms with Gasteiger partial charge in [-0.3, -0.25) is 0 Å². The van der Waals surface area contributed by atoms with Gasteiger partial charge >= 0.3 is 0 Å². The highest BCUT2D eigenvalue weighted by atomic mass is 14.4. The van der Waals surface area contributed by atoms with Crippen LogP contribution >= 0.6 is 0 Å². The van der Waals surface area contributed by atoms with Crippen molar-refractivity contribution in [2.75, 3.05) is 0 Å². The van der Waals surface area contributed by atoms with Crippen molar-refractivity contribution in [1.82, 2.24) is 0 Å². The second-order valence-electron chi connectivity index (χ2n) is 10.2. The highest BCUT2D eigenvalue weighted by Gasteiger charge is 2.32. The molecule has 0 radical (unpaired) electrons. The van der Waals surface area contributed by atoms with Crippen molar-refractivity contribution in [3.8, 4) is 11.1 Å². The van der Waals surface area contributed by atoms with Crippen LogP contribution < -0.4 is 0 Å². The van der Waals surface area contributed by atoms with Crippen LogP contribution in [0.5, 0.6) is 0 Å². The summed E-state index contributed by atoms with van der Waals surface area (Å²) in [6, 6.07) is 15.9. The van der Waals surface area contributed by atoms with E-state index in [-0.39, 0.29) is 5.41 Å². The van der Waals surface area contributed by atoms with Gasteiger partial charge in [0.05, 0.1) is 0 Å². The second-order valence-corrected chi connectivity index (χ2v) is 10.2. The lowest BCUT2D eigenvalue weighted by molar-refractivity contribution is 0.179. The molecule has 2 aromatic carbocycles. The predicted octanol–water partition coefficient (Wildman–Crippen LogP) is 8.34. The maximum atomic E-state index is 2.55. The Morgan fingerprint density at radius 1 is 0.857 bits per heavy atom. The van der Waals surface area contributed by atoms with Gasteiger partial charge in [-0.05, 0) is 64.3 Å². The molecule has 0 spiro atoms. The van der Waals surface area contributed by atoms with Crippen LogP contribution in [0.2, 0.25) is 0 Å². The summed E-state index contributed by atoms with van der Waals surface area (Å²) < 4.78 is 0. The largest absolute Gasteiger partial charge is 0.0648 e. The number of rotatable bonds is 4. The van der Waals surface area contributed by atoms with Crippen LogP contribution in [-0.4, -0.2) is 0 Å². The fourth-order valence-electron chi connectivity index (χ4n) is 5.60. The van der Waals surface area contributed by atoms with Crippen molar-refractivity contribution in [3.63, 3.8) is 0 Å². The molecule has 0 nitrogen and oxygen atoms in total. The fraction of sp³-hybridized carbons (Fsp3) is 0.500. The van der Waals surface area contributed by atoms with Crippen molar-refractivity contribution in [3.05, 3.63) is 64.7 Å². The summed E-state index contributed by atoms with van der Waals surface area (Å²) in [6.45, 7) is 9.39. The summed E-state index contributed by atoms with van der Waals surface area (Å²) in [5.74, 6) is 0. The highest BCUT2D eigenvalue weighted by molar-refractivity contribution is 5.82. The van der Waals surface area contributed by atoms with Gasteiger partial charge in [0.15, 0.2) is 0 Å². The van der Waals surface area contributed by atoms with Crippen LogP contribution in [0.4, 0.5) is 0 Å². The molecule has 1 fully saturated rings. The third-order valence-corrected chi connectivity index (χ3v) is 7.25. The first-order valence-corrected chi connectivity index (χ1v) is 11.3. The van der Waals surface area contributed by atoms with E-state index >= 15 is 0 Å². The van der Waals surface area contributed by atoms with Gasteiger partial charge in [0.25, 0.3) is 0 Å². The molecule has 0 heteroatoms. The standard InChI is InChI=1S/C28H36/c1-5-28(16-9-6-10-17-28)20-21-18-22-12-11-14-23(25(22)19-21)24-13-7-8-15-26(24)27(2,3)4/h7-8,11-15,19H,5-6,9-10,16-18,20H2,1-4H3. The third-order valence-electron chi connectivity index (χ3n) is 7.25. The molecule has 4 rings (SSSR count). The first-order chi connectivity index (χ1) is 13.4. The Balaban J connectivity index is 1.71. The van der Waals surface area contributed by atoms with Crippen molar-refractivity contribution < 1.29 is 0 Å². The molecule has 0 unspecified atom stereocenters. The van der Waals surface area contributed by atoms with Gasteiger partial charge in [0, 0.05) is 0 Å². The van der Waals surface area contributed by atoms with Gasteiger partial charge in [-0.2, -0.15) is 0 Å². The molecular weight excluding hydrogens is 336 g/mol. The number of hydrogen-bond donors (Lipinski definition) is 0. The normalized spacial score (nSPS) is 18.6. The van der Waals surface area contributed by atoms with Crippen LogP contribution in [0.25, 0.3) is 17.2 Å². The Bertz CT molecular complexity index is 869. The molecule has 0 atom stereocenters. The minimum atomic E-state index is 0.152. The van der Waals surface area contributed by atoms with E-state index in [0.717, 1.165) is 6.42 Å². The van der Waals surface area contributed by atoms with Crippen molar-refractivity contribution in [1.29, 1.82) is 0 Å². The maximum Gasteiger partial charge on any atom is -0.00574 e. The molecule has 0 N–H and O–H groups in total. The zero-order valence-corrected chi connectivity index (χ0v) is 18.3. The van der Waals surface area contributed by atoms with E-state index in [9.17, 15) is 0 Å². The SMILES string of the molecule is CCC1(CC2=Cc3c(cccc3-c3ccccc3C(C)(C)C)C2)CCCCC1. The van der Waals surface area contributed by atoms with Crippen LogP contribution in [0.15, 0.2) is 48.0 Å². The van der Waals surface area contributed by atoms with Gasteiger partial charge in [0.1, 0.15) is 0 Å². The van der Waals surface area contributed by atoms with E-state index in [1.54, 1.807) is 5.57 Å². The number of fused-ring (bicyclic) bond motifs is 1. The summed E-state index contributed by atoms with van der Waals surface area (Å²) in [4.78, 5) is 0.